The van der Waals surface area contributed by atoms with Gasteiger partial charge in [-0.3, -0.25) is 4.79 Å². The van der Waals surface area contributed by atoms with Crippen LogP contribution in [0.15, 0.2) is 18.3 Å². The van der Waals surface area contributed by atoms with Crippen LogP contribution in [0.5, 0.6) is 5.88 Å². The number of aryl methyl sites for hydroxylation is 2. The van der Waals surface area contributed by atoms with Gasteiger partial charge in [-0.1, -0.05) is 20.8 Å². The van der Waals surface area contributed by atoms with E-state index in [1.165, 1.54) is 11.3 Å². The molecule has 0 radical (unpaired) electrons. The number of fused-ring (bicyclic) bond motifs is 1. The van der Waals surface area contributed by atoms with Gasteiger partial charge >= 0.3 is 0 Å². The molecule has 7 heteroatoms. The standard InChI is InChI=1S/C19H22N4O2S/c1-10-14-11(2)21-18(19(3,4)5)23-17(14)26-15(10)16(24)22-12-7-8-13(25-6)20-9-12/h7-9H,1-6H3,(H,22,24). The highest BCUT2D eigenvalue weighted by Crippen LogP contribution is 2.33. The fourth-order valence-electron chi connectivity index (χ4n) is 2.65. The van der Waals surface area contributed by atoms with E-state index in [0.717, 1.165) is 27.3 Å². The summed E-state index contributed by atoms with van der Waals surface area (Å²) < 4.78 is 5.03. The molecule has 26 heavy (non-hydrogen) atoms. The number of carbonyl (C=O) groups excluding carboxylic acids is 1. The molecule has 0 fully saturated rings. The fourth-order valence-corrected chi connectivity index (χ4v) is 3.78. The Hall–Kier alpha value is -2.54. The van der Waals surface area contributed by atoms with Crippen LogP contribution in [0.4, 0.5) is 5.69 Å². The van der Waals surface area contributed by atoms with Crippen molar-refractivity contribution in [2.24, 2.45) is 0 Å². The molecule has 3 rings (SSSR count). The monoisotopic (exact) mass is 370 g/mol. The predicted molar refractivity (Wildman–Crippen MR) is 104 cm³/mol. The summed E-state index contributed by atoms with van der Waals surface area (Å²) in [5.41, 5.74) is 2.28. The number of ether oxygens (including phenoxy) is 1. The van der Waals surface area contributed by atoms with Crippen LogP contribution in [0, 0.1) is 13.8 Å². The van der Waals surface area contributed by atoms with Crippen molar-refractivity contribution in [1.29, 1.82) is 0 Å². The highest BCUT2D eigenvalue weighted by molar-refractivity contribution is 7.20. The first-order chi connectivity index (χ1) is 12.2. The van der Waals surface area contributed by atoms with Crippen LogP contribution in [0.1, 0.15) is 47.5 Å². The molecular weight excluding hydrogens is 348 g/mol. The minimum atomic E-state index is -0.172. The number of anilines is 1. The SMILES string of the molecule is COc1ccc(NC(=O)c2sc3nc(C(C)(C)C)nc(C)c3c2C)cn1. The van der Waals surface area contributed by atoms with E-state index in [1.54, 1.807) is 25.4 Å². The van der Waals surface area contributed by atoms with Crippen molar-refractivity contribution >= 4 is 33.1 Å². The lowest BCUT2D eigenvalue weighted by molar-refractivity contribution is 0.103. The minimum absolute atomic E-state index is 0.145. The molecule has 1 N–H and O–H groups in total. The van der Waals surface area contributed by atoms with E-state index < -0.39 is 0 Å². The molecule has 6 nitrogen and oxygen atoms in total. The lowest BCUT2D eigenvalue weighted by Gasteiger charge is -2.16. The Morgan fingerprint density at radius 3 is 2.50 bits per heavy atom. The summed E-state index contributed by atoms with van der Waals surface area (Å²) in [6.07, 6.45) is 1.57. The molecule has 0 atom stereocenters. The lowest BCUT2D eigenvalue weighted by atomic mass is 9.95. The molecule has 3 heterocycles. The summed E-state index contributed by atoms with van der Waals surface area (Å²) in [5.74, 6) is 1.12. The van der Waals surface area contributed by atoms with Crippen LogP contribution in [-0.2, 0) is 5.41 Å². The van der Waals surface area contributed by atoms with Crippen molar-refractivity contribution in [3.8, 4) is 5.88 Å². The Morgan fingerprint density at radius 2 is 1.92 bits per heavy atom. The Labute approximate surface area is 156 Å². The second kappa shape index (κ2) is 6.64. The van der Waals surface area contributed by atoms with E-state index in [9.17, 15) is 4.79 Å². The molecule has 0 saturated heterocycles. The topological polar surface area (TPSA) is 77.0 Å². The maximum atomic E-state index is 12.7. The number of aromatic nitrogens is 3. The van der Waals surface area contributed by atoms with Gasteiger partial charge in [-0.15, -0.1) is 11.3 Å². The predicted octanol–water partition coefficient (Wildman–Crippen LogP) is 4.26. The molecule has 0 aliphatic heterocycles. The van der Waals surface area contributed by atoms with E-state index in [2.05, 4.69) is 36.1 Å². The lowest BCUT2D eigenvalue weighted by Crippen LogP contribution is -2.16. The van der Waals surface area contributed by atoms with Crippen LogP contribution in [-0.4, -0.2) is 28.0 Å². The Bertz CT molecular complexity index is 972. The van der Waals surface area contributed by atoms with Gasteiger partial charge in [0.15, 0.2) is 0 Å². The number of hydrogen-bond acceptors (Lipinski definition) is 6. The summed E-state index contributed by atoms with van der Waals surface area (Å²) in [4.78, 5) is 27.7. The van der Waals surface area contributed by atoms with E-state index in [0.29, 0.717) is 16.4 Å². The first kappa shape index (κ1) is 18.3. The molecular formula is C19H22N4O2S. The quantitative estimate of drug-likeness (QED) is 0.745. The molecule has 0 saturated carbocycles. The smallest absolute Gasteiger partial charge is 0.266 e. The van der Waals surface area contributed by atoms with Crippen molar-refractivity contribution in [3.63, 3.8) is 0 Å². The molecule has 0 unspecified atom stereocenters. The second-order valence-electron chi connectivity index (χ2n) is 7.16. The number of carbonyl (C=O) groups is 1. The molecule has 0 aliphatic carbocycles. The highest BCUT2D eigenvalue weighted by atomic mass is 32.1. The molecule has 0 bridgehead atoms. The summed E-state index contributed by atoms with van der Waals surface area (Å²) in [6.45, 7) is 10.1. The number of thiophene rings is 1. The van der Waals surface area contributed by atoms with Gasteiger partial charge < -0.3 is 10.1 Å². The number of rotatable bonds is 3. The molecule has 3 aromatic heterocycles. The zero-order valence-electron chi connectivity index (χ0n) is 15.8. The van der Waals surface area contributed by atoms with Crippen molar-refractivity contribution in [2.45, 2.75) is 40.0 Å². The van der Waals surface area contributed by atoms with Crippen molar-refractivity contribution in [2.75, 3.05) is 12.4 Å². The van der Waals surface area contributed by atoms with Gasteiger partial charge in [0.2, 0.25) is 5.88 Å². The first-order valence-corrected chi connectivity index (χ1v) is 9.12. The number of pyridine rings is 1. The van der Waals surface area contributed by atoms with Crippen molar-refractivity contribution in [1.82, 2.24) is 15.0 Å². The van der Waals surface area contributed by atoms with Crippen LogP contribution >= 0.6 is 11.3 Å². The molecule has 1 amide bonds. The molecule has 0 spiro atoms. The van der Waals surface area contributed by atoms with Crippen LogP contribution in [0.25, 0.3) is 10.2 Å². The van der Waals surface area contributed by atoms with E-state index in [1.807, 2.05) is 13.8 Å². The summed E-state index contributed by atoms with van der Waals surface area (Å²) in [7, 11) is 1.55. The zero-order valence-corrected chi connectivity index (χ0v) is 16.6. The van der Waals surface area contributed by atoms with Gasteiger partial charge in [-0.05, 0) is 25.5 Å². The summed E-state index contributed by atoms with van der Waals surface area (Å²) >= 11 is 1.40. The Morgan fingerprint density at radius 1 is 1.19 bits per heavy atom. The van der Waals surface area contributed by atoms with Crippen LogP contribution < -0.4 is 10.1 Å². The number of methoxy groups -OCH3 is 1. The maximum absolute atomic E-state index is 12.7. The molecule has 136 valence electrons. The van der Waals surface area contributed by atoms with E-state index >= 15 is 0 Å². The summed E-state index contributed by atoms with van der Waals surface area (Å²) in [5, 5.41) is 3.84. The molecule has 3 aromatic rings. The number of nitrogens with one attached hydrogen (secondary N) is 1. The average Bonchev–Trinajstić information content (AvgIpc) is 2.92. The van der Waals surface area contributed by atoms with Gasteiger partial charge in [0.25, 0.3) is 5.91 Å². The Kier molecular flexibility index (Phi) is 4.66. The third-order valence-corrected chi connectivity index (χ3v) is 5.24. The van der Waals surface area contributed by atoms with Crippen LogP contribution in [0.2, 0.25) is 0 Å². The number of hydrogen-bond donors (Lipinski definition) is 1. The zero-order chi connectivity index (χ0) is 19.1. The van der Waals surface area contributed by atoms with Gasteiger partial charge in [-0.25, -0.2) is 15.0 Å². The normalized spacial score (nSPS) is 11.6. The third kappa shape index (κ3) is 3.39. The van der Waals surface area contributed by atoms with Crippen molar-refractivity contribution < 1.29 is 9.53 Å². The van der Waals surface area contributed by atoms with E-state index in [-0.39, 0.29) is 11.3 Å². The average molecular weight is 370 g/mol. The highest BCUT2D eigenvalue weighted by Gasteiger charge is 2.23. The minimum Gasteiger partial charge on any atom is -0.481 e. The van der Waals surface area contributed by atoms with Crippen LogP contribution in [0.3, 0.4) is 0 Å². The summed E-state index contributed by atoms with van der Waals surface area (Å²) in [6, 6.07) is 3.47. The maximum Gasteiger partial charge on any atom is 0.266 e. The Balaban J connectivity index is 1.97. The first-order valence-electron chi connectivity index (χ1n) is 8.30. The molecule has 0 aliphatic rings. The number of amides is 1. The fraction of sp³-hybridized carbons (Fsp3) is 0.368. The second-order valence-corrected chi connectivity index (χ2v) is 8.16. The largest absolute Gasteiger partial charge is 0.481 e. The van der Waals surface area contributed by atoms with Gasteiger partial charge in [0.1, 0.15) is 10.7 Å². The third-order valence-electron chi connectivity index (χ3n) is 4.05. The van der Waals surface area contributed by atoms with Gasteiger partial charge in [0, 0.05) is 16.9 Å². The molecule has 0 aromatic carbocycles. The van der Waals surface area contributed by atoms with Gasteiger partial charge in [-0.2, -0.15) is 0 Å². The van der Waals surface area contributed by atoms with Crippen molar-refractivity contribution in [3.05, 3.63) is 40.3 Å². The van der Waals surface area contributed by atoms with E-state index in [4.69, 9.17) is 9.72 Å². The van der Waals surface area contributed by atoms with Gasteiger partial charge in [0.05, 0.1) is 29.6 Å². The number of nitrogens with zero attached hydrogens (tertiary/aromatic N) is 3.